The third-order valence-corrected chi connectivity index (χ3v) is 2.83. The molecule has 0 unspecified atom stereocenters. The van der Waals surface area contributed by atoms with Gasteiger partial charge in [0.2, 0.25) is 0 Å². The van der Waals surface area contributed by atoms with Gasteiger partial charge in [-0.25, -0.2) is 9.97 Å². The van der Waals surface area contributed by atoms with Crippen LogP contribution in [0.25, 0.3) is 0 Å². The lowest BCUT2D eigenvalue weighted by Gasteiger charge is -2.01. The second-order valence-electron chi connectivity index (χ2n) is 3.12. The predicted molar refractivity (Wildman–Crippen MR) is 63.1 cm³/mol. The average Bonchev–Trinajstić information content (AvgIpc) is 2.27. The van der Waals surface area contributed by atoms with Gasteiger partial charge in [-0.05, 0) is 17.7 Å². The Bertz CT molecular complexity index is 540. The molecule has 0 bridgehead atoms. The normalized spacial score (nSPS) is 10.2. The van der Waals surface area contributed by atoms with Crippen LogP contribution in [0.5, 0.6) is 0 Å². The highest BCUT2D eigenvalue weighted by Gasteiger charge is 1.99. The Kier molecular flexibility index (Phi) is 3.21. The highest BCUT2D eigenvalue weighted by Crippen LogP contribution is 2.18. The number of nitrogen functional groups attached to an aromatic ring is 1. The van der Waals surface area contributed by atoms with E-state index in [0.29, 0.717) is 16.7 Å². The molecule has 2 heterocycles. The van der Waals surface area contributed by atoms with Crippen LogP contribution in [0.2, 0.25) is 0 Å². The van der Waals surface area contributed by atoms with E-state index in [1.807, 2.05) is 6.07 Å². The lowest BCUT2D eigenvalue weighted by Crippen LogP contribution is -2.05. The molecule has 0 radical (unpaired) electrons. The Morgan fingerprint density at radius 2 is 2.12 bits per heavy atom. The molecule has 0 aromatic carbocycles. The first-order valence-corrected chi connectivity index (χ1v) is 5.61. The minimum atomic E-state index is -0.147. The number of aromatic nitrogens is 3. The first-order chi connectivity index (χ1) is 7.74. The monoisotopic (exact) mass is 234 g/mol. The van der Waals surface area contributed by atoms with Crippen molar-refractivity contribution in [3.05, 3.63) is 46.5 Å². The molecule has 0 amide bonds. The highest BCUT2D eigenvalue weighted by atomic mass is 32.2. The van der Waals surface area contributed by atoms with Crippen LogP contribution in [0.15, 0.2) is 40.5 Å². The largest absolute Gasteiger partial charge is 0.384 e. The maximum absolute atomic E-state index is 11.0. The van der Waals surface area contributed by atoms with Crippen molar-refractivity contribution >= 4 is 17.6 Å². The van der Waals surface area contributed by atoms with Gasteiger partial charge in [0.25, 0.3) is 5.56 Å². The number of H-pyrrole nitrogens is 1. The molecule has 6 heteroatoms. The molecule has 2 aromatic heterocycles. The number of nitrogens with one attached hydrogen (secondary N) is 1. The molecule has 16 heavy (non-hydrogen) atoms. The Morgan fingerprint density at radius 3 is 2.88 bits per heavy atom. The average molecular weight is 234 g/mol. The van der Waals surface area contributed by atoms with Crippen LogP contribution in [-0.2, 0) is 5.75 Å². The summed E-state index contributed by atoms with van der Waals surface area (Å²) in [5, 5.41) is 0.600. The van der Waals surface area contributed by atoms with Gasteiger partial charge in [0, 0.05) is 24.2 Å². The molecule has 0 saturated carbocycles. The molecule has 0 aliphatic rings. The van der Waals surface area contributed by atoms with Crippen LogP contribution in [0.3, 0.4) is 0 Å². The standard InChI is InChI=1S/C10H10N4OS/c11-8-5-7(1-3-12-8)6-16-10-13-4-2-9(15)14-10/h1-5H,6H2,(H2,11,12)(H,13,14,15). The summed E-state index contributed by atoms with van der Waals surface area (Å²) in [7, 11) is 0. The fourth-order valence-electron chi connectivity index (χ4n) is 1.16. The fraction of sp³-hybridized carbons (Fsp3) is 0.100. The van der Waals surface area contributed by atoms with Gasteiger partial charge in [0.15, 0.2) is 5.16 Å². The Labute approximate surface area is 96.1 Å². The van der Waals surface area contributed by atoms with Crippen LogP contribution >= 0.6 is 11.8 Å². The van der Waals surface area contributed by atoms with E-state index in [-0.39, 0.29) is 5.56 Å². The molecule has 0 fully saturated rings. The van der Waals surface area contributed by atoms with Crippen molar-refractivity contribution in [2.75, 3.05) is 5.73 Å². The van der Waals surface area contributed by atoms with Crippen molar-refractivity contribution in [2.45, 2.75) is 10.9 Å². The van der Waals surface area contributed by atoms with Crippen molar-refractivity contribution in [1.82, 2.24) is 15.0 Å². The van der Waals surface area contributed by atoms with Crippen LogP contribution in [0, 0.1) is 0 Å². The minimum Gasteiger partial charge on any atom is -0.384 e. The van der Waals surface area contributed by atoms with Gasteiger partial charge < -0.3 is 10.7 Å². The van der Waals surface area contributed by atoms with Crippen molar-refractivity contribution < 1.29 is 0 Å². The lowest BCUT2D eigenvalue weighted by atomic mass is 10.3. The molecule has 82 valence electrons. The molecule has 3 N–H and O–H groups in total. The molecule has 0 spiro atoms. The van der Waals surface area contributed by atoms with Crippen LogP contribution in [-0.4, -0.2) is 15.0 Å². The van der Waals surface area contributed by atoms with Crippen molar-refractivity contribution in [3.8, 4) is 0 Å². The minimum absolute atomic E-state index is 0.147. The third-order valence-electron chi connectivity index (χ3n) is 1.87. The number of rotatable bonds is 3. The van der Waals surface area contributed by atoms with Crippen LogP contribution in [0.4, 0.5) is 5.82 Å². The van der Waals surface area contributed by atoms with Crippen LogP contribution in [0.1, 0.15) is 5.56 Å². The van der Waals surface area contributed by atoms with Crippen molar-refractivity contribution in [3.63, 3.8) is 0 Å². The maximum atomic E-state index is 11.0. The number of nitrogens with zero attached hydrogens (tertiary/aromatic N) is 2. The molecule has 2 aromatic rings. The van der Waals surface area contributed by atoms with E-state index in [2.05, 4.69) is 15.0 Å². The zero-order chi connectivity index (χ0) is 11.4. The number of anilines is 1. The van der Waals surface area contributed by atoms with Gasteiger partial charge in [-0.1, -0.05) is 11.8 Å². The van der Waals surface area contributed by atoms with Crippen molar-refractivity contribution in [2.24, 2.45) is 0 Å². The van der Waals surface area contributed by atoms with Crippen LogP contribution < -0.4 is 11.3 Å². The van der Waals surface area contributed by atoms with Gasteiger partial charge in [0.05, 0.1) is 0 Å². The first-order valence-electron chi connectivity index (χ1n) is 4.62. The summed E-state index contributed by atoms with van der Waals surface area (Å²) in [6, 6.07) is 5.06. The number of pyridine rings is 1. The van der Waals surface area contributed by atoms with E-state index in [1.165, 1.54) is 24.0 Å². The smallest absolute Gasteiger partial charge is 0.251 e. The lowest BCUT2D eigenvalue weighted by molar-refractivity contribution is 0.936. The quantitative estimate of drug-likeness (QED) is 0.612. The number of thioether (sulfide) groups is 1. The molecular formula is C10H10N4OS. The summed E-state index contributed by atoms with van der Waals surface area (Å²) >= 11 is 1.45. The van der Waals surface area contributed by atoms with Gasteiger partial charge in [-0.3, -0.25) is 4.79 Å². The predicted octanol–water partition coefficient (Wildman–Crippen LogP) is 1.04. The van der Waals surface area contributed by atoms with E-state index in [1.54, 1.807) is 12.3 Å². The molecule has 0 aliphatic heterocycles. The molecule has 2 rings (SSSR count). The number of aromatic amines is 1. The summed E-state index contributed by atoms with van der Waals surface area (Å²) in [6.45, 7) is 0. The zero-order valence-electron chi connectivity index (χ0n) is 8.38. The Balaban J connectivity index is 2.05. The van der Waals surface area contributed by atoms with E-state index in [4.69, 9.17) is 5.73 Å². The van der Waals surface area contributed by atoms with E-state index < -0.39 is 0 Å². The van der Waals surface area contributed by atoms with Gasteiger partial charge >= 0.3 is 0 Å². The summed E-state index contributed by atoms with van der Waals surface area (Å²) in [4.78, 5) is 21.6. The van der Waals surface area contributed by atoms with E-state index in [9.17, 15) is 4.79 Å². The second-order valence-corrected chi connectivity index (χ2v) is 4.08. The first kappa shape index (κ1) is 10.7. The Hall–Kier alpha value is -1.82. The van der Waals surface area contributed by atoms with Crippen molar-refractivity contribution in [1.29, 1.82) is 0 Å². The zero-order valence-corrected chi connectivity index (χ0v) is 9.20. The SMILES string of the molecule is Nc1cc(CSc2nccc(=O)[nH]2)ccn1. The summed E-state index contributed by atoms with van der Waals surface area (Å²) in [6.07, 6.45) is 3.15. The van der Waals surface area contributed by atoms with E-state index in [0.717, 1.165) is 5.56 Å². The highest BCUT2D eigenvalue weighted by molar-refractivity contribution is 7.98. The topological polar surface area (TPSA) is 84.7 Å². The van der Waals surface area contributed by atoms with Gasteiger partial charge in [-0.15, -0.1) is 0 Å². The fourth-order valence-corrected chi connectivity index (χ4v) is 1.95. The molecule has 0 aliphatic carbocycles. The molecule has 0 saturated heterocycles. The number of hydrogen-bond acceptors (Lipinski definition) is 5. The molecular weight excluding hydrogens is 224 g/mol. The van der Waals surface area contributed by atoms with Gasteiger partial charge in [0.1, 0.15) is 5.82 Å². The number of nitrogens with two attached hydrogens (primary N) is 1. The molecule has 0 atom stereocenters. The summed E-state index contributed by atoms with van der Waals surface area (Å²) < 4.78 is 0. The maximum Gasteiger partial charge on any atom is 0.251 e. The summed E-state index contributed by atoms with van der Waals surface area (Å²) in [5.74, 6) is 1.19. The van der Waals surface area contributed by atoms with E-state index >= 15 is 0 Å². The third kappa shape index (κ3) is 2.83. The number of hydrogen-bond donors (Lipinski definition) is 2. The van der Waals surface area contributed by atoms with Gasteiger partial charge in [-0.2, -0.15) is 0 Å². The summed E-state index contributed by atoms with van der Waals surface area (Å²) in [5.41, 5.74) is 6.46. The molecule has 5 nitrogen and oxygen atoms in total. The second kappa shape index (κ2) is 4.80. The Morgan fingerprint density at radius 1 is 1.31 bits per heavy atom.